The van der Waals surface area contributed by atoms with E-state index in [2.05, 4.69) is 11.9 Å². The number of imidazole rings is 1. The van der Waals surface area contributed by atoms with Crippen LogP contribution in [0.5, 0.6) is 0 Å². The van der Waals surface area contributed by atoms with Crippen LogP contribution in [0, 0.1) is 5.92 Å². The van der Waals surface area contributed by atoms with Gasteiger partial charge in [-0.05, 0) is 37.3 Å². The van der Waals surface area contributed by atoms with Gasteiger partial charge in [0, 0.05) is 18.8 Å². The zero-order chi connectivity index (χ0) is 14.7. The van der Waals surface area contributed by atoms with E-state index in [1.165, 1.54) is 6.42 Å². The molecule has 0 aliphatic carbocycles. The Balaban J connectivity index is 1.84. The Labute approximate surface area is 125 Å². The Morgan fingerprint density at radius 1 is 1.19 bits per heavy atom. The van der Waals surface area contributed by atoms with Gasteiger partial charge in [-0.25, -0.2) is 4.98 Å². The van der Waals surface area contributed by atoms with E-state index in [-0.39, 0.29) is 5.91 Å². The molecule has 0 radical (unpaired) electrons. The van der Waals surface area contributed by atoms with Gasteiger partial charge in [0.15, 0.2) is 0 Å². The lowest BCUT2D eigenvalue weighted by Crippen LogP contribution is -2.33. The molecule has 3 rings (SSSR count). The van der Waals surface area contributed by atoms with E-state index in [9.17, 15) is 4.79 Å². The van der Waals surface area contributed by atoms with Crippen LogP contribution in [0.25, 0.3) is 5.69 Å². The number of para-hydroxylation sites is 1. The zero-order valence-corrected chi connectivity index (χ0v) is 12.4. The van der Waals surface area contributed by atoms with Crippen molar-refractivity contribution >= 4 is 5.91 Å². The van der Waals surface area contributed by atoms with E-state index < -0.39 is 0 Å². The predicted octanol–water partition coefficient (Wildman–Crippen LogP) is 3.13. The lowest BCUT2D eigenvalue weighted by molar-refractivity contribution is 0.0752. The molecule has 2 heterocycles. The molecule has 4 nitrogen and oxygen atoms in total. The van der Waals surface area contributed by atoms with Gasteiger partial charge in [-0.1, -0.05) is 25.1 Å². The average Bonchev–Trinajstić information content (AvgIpc) is 2.90. The molecule has 1 unspecified atom stereocenters. The minimum Gasteiger partial charge on any atom is -0.337 e. The fourth-order valence-electron chi connectivity index (χ4n) is 2.88. The molecule has 110 valence electrons. The first kappa shape index (κ1) is 13.9. The van der Waals surface area contributed by atoms with Gasteiger partial charge in [0.05, 0.1) is 12.5 Å². The molecule has 0 saturated carbocycles. The summed E-state index contributed by atoms with van der Waals surface area (Å²) in [7, 11) is 0. The quantitative estimate of drug-likeness (QED) is 0.849. The summed E-state index contributed by atoms with van der Waals surface area (Å²) in [4.78, 5) is 18.9. The second-order valence-electron chi connectivity index (χ2n) is 5.81. The molecule has 1 aliphatic rings. The Morgan fingerprint density at radius 2 is 2.00 bits per heavy atom. The molecule has 1 fully saturated rings. The minimum atomic E-state index is 0.0884. The number of rotatable bonds is 2. The number of nitrogens with zero attached hydrogens (tertiary/aromatic N) is 3. The molecular weight excluding hydrogens is 262 g/mol. The Morgan fingerprint density at radius 3 is 2.81 bits per heavy atom. The summed E-state index contributed by atoms with van der Waals surface area (Å²) in [5, 5.41) is 0. The highest BCUT2D eigenvalue weighted by Crippen LogP contribution is 2.19. The maximum Gasteiger partial charge on any atom is 0.272 e. The van der Waals surface area contributed by atoms with Crippen LogP contribution in [0.4, 0.5) is 0 Å². The lowest BCUT2D eigenvalue weighted by Gasteiger charge is -2.21. The molecule has 1 aromatic heterocycles. The SMILES string of the molecule is CC1CCCN(C(=O)c2cncn2-c2ccccc2)CC1. The van der Waals surface area contributed by atoms with Gasteiger partial charge in [-0.15, -0.1) is 0 Å². The first-order valence-electron chi connectivity index (χ1n) is 7.63. The van der Waals surface area contributed by atoms with Crippen molar-refractivity contribution in [2.45, 2.75) is 26.2 Å². The Bertz CT molecular complexity index is 606. The molecular formula is C17H21N3O. The number of hydrogen-bond donors (Lipinski definition) is 0. The monoisotopic (exact) mass is 283 g/mol. The zero-order valence-electron chi connectivity index (χ0n) is 12.4. The molecule has 1 aromatic carbocycles. The fourth-order valence-corrected chi connectivity index (χ4v) is 2.88. The molecule has 0 spiro atoms. The highest BCUT2D eigenvalue weighted by molar-refractivity contribution is 5.93. The topological polar surface area (TPSA) is 38.1 Å². The normalized spacial score (nSPS) is 19.3. The summed E-state index contributed by atoms with van der Waals surface area (Å²) < 4.78 is 1.87. The van der Waals surface area contributed by atoms with Gasteiger partial charge in [0.25, 0.3) is 5.91 Å². The fraction of sp³-hybridized carbons (Fsp3) is 0.412. The summed E-state index contributed by atoms with van der Waals surface area (Å²) in [5.41, 5.74) is 1.62. The third-order valence-corrected chi connectivity index (χ3v) is 4.20. The highest BCUT2D eigenvalue weighted by Gasteiger charge is 2.22. The second-order valence-corrected chi connectivity index (χ2v) is 5.81. The summed E-state index contributed by atoms with van der Waals surface area (Å²) in [5.74, 6) is 0.798. The van der Waals surface area contributed by atoms with Crippen molar-refractivity contribution in [1.82, 2.24) is 14.5 Å². The average molecular weight is 283 g/mol. The van der Waals surface area contributed by atoms with Crippen molar-refractivity contribution < 1.29 is 4.79 Å². The third-order valence-electron chi connectivity index (χ3n) is 4.20. The number of carbonyl (C=O) groups is 1. The van der Waals surface area contributed by atoms with Gasteiger partial charge in [-0.3, -0.25) is 9.36 Å². The van der Waals surface area contributed by atoms with E-state index >= 15 is 0 Å². The molecule has 0 bridgehead atoms. The first-order valence-corrected chi connectivity index (χ1v) is 7.63. The summed E-state index contributed by atoms with van der Waals surface area (Å²) in [6, 6.07) is 9.89. The molecule has 4 heteroatoms. The number of benzene rings is 1. The van der Waals surface area contributed by atoms with Crippen LogP contribution in [0.3, 0.4) is 0 Å². The van der Waals surface area contributed by atoms with E-state index in [1.807, 2.05) is 39.8 Å². The number of carbonyl (C=O) groups excluding carboxylic acids is 1. The summed E-state index contributed by atoms with van der Waals surface area (Å²) in [6.45, 7) is 3.96. The van der Waals surface area contributed by atoms with Crippen LogP contribution in [0.2, 0.25) is 0 Å². The Hall–Kier alpha value is -2.10. The van der Waals surface area contributed by atoms with Crippen molar-refractivity contribution in [1.29, 1.82) is 0 Å². The number of likely N-dealkylation sites (tertiary alicyclic amines) is 1. The maximum atomic E-state index is 12.8. The van der Waals surface area contributed by atoms with Crippen LogP contribution in [0.15, 0.2) is 42.9 Å². The van der Waals surface area contributed by atoms with Gasteiger partial charge < -0.3 is 4.90 Å². The van der Waals surface area contributed by atoms with E-state index in [0.717, 1.165) is 31.6 Å². The van der Waals surface area contributed by atoms with Gasteiger partial charge >= 0.3 is 0 Å². The van der Waals surface area contributed by atoms with Crippen molar-refractivity contribution in [3.63, 3.8) is 0 Å². The smallest absolute Gasteiger partial charge is 0.272 e. The highest BCUT2D eigenvalue weighted by atomic mass is 16.2. The van der Waals surface area contributed by atoms with Crippen LogP contribution in [-0.2, 0) is 0 Å². The molecule has 2 aromatic rings. The minimum absolute atomic E-state index is 0.0884. The third kappa shape index (κ3) is 2.99. The van der Waals surface area contributed by atoms with E-state index in [1.54, 1.807) is 12.5 Å². The number of aromatic nitrogens is 2. The lowest BCUT2D eigenvalue weighted by atomic mass is 10.0. The van der Waals surface area contributed by atoms with Gasteiger partial charge in [-0.2, -0.15) is 0 Å². The number of hydrogen-bond acceptors (Lipinski definition) is 2. The molecule has 1 aliphatic heterocycles. The van der Waals surface area contributed by atoms with Crippen LogP contribution >= 0.6 is 0 Å². The first-order chi connectivity index (χ1) is 10.3. The molecule has 1 saturated heterocycles. The predicted molar refractivity (Wildman–Crippen MR) is 82.5 cm³/mol. The van der Waals surface area contributed by atoms with Crippen molar-refractivity contribution in [2.24, 2.45) is 5.92 Å². The van der Waals surface area contributed by atoms with Crippen LogP contribution in [-0.4, -0.2) is 33.4 Å². The van der Waals surface area contributed by atoms with E-state index in [0.29, 0.717) is 11.6 Å². The van der Waals surface area contributed by atoms with Crippen LogP contribution in [0.1, 0.15) is 36.7 Å². The maximum absolute atomic E-state index is 12.8. The van der Waals surface area contributed by atoms with Crippen molar-refractivity contribution in [2.75, 3.05) is 13.1 Å². The molecule has 21 heavy (non-hydrogen) atoms. The Kier molecular flexibility index (Phi) is 4.04. The largest absolute Gasteiger partial charge is 0.337 e. The van der Waals surface area contributed by atoms with Crippen molar-refractivity contribution in [3.8, 4) is 5.69 Å². The molecule has 0 N–H and O–H groups in total. The molecule has 1 atom stereocenters. The van der Waals surface area contributed by atoms with Crippen molar-refractivity contribution in [3.05, 3.63) is 48.5 Å². The molecule has 1 amide bonds. The van der Waals surface area contributed by atoms with E-state index in [4.69, 9.17) is 0 Å². The second kappa shape index (κ2) is 6.12. The van der Waals surface area contributed by atoms with Gasteiger partial charge in [0.2, 0.25) is 0 Å². The van der Waals surface area contributed by atoms with Crippen LogP contribution < -0.4 is 0 Å². The summed E-state index contributed by atoms with van der Waals surface area (Å²) in [6.07, 6.45) is 6.77. The number of amides is 1. The standard InChI is InChI=1S/C17H21N3O/c1-14-6-5-10-19(11-9-14)17(21)16-12-18-13-20(16)15-7-3-2-4-8-15/h2-4,7-8,12-14H,5-6,9-11H2,1H3. The summed E-state index contributed by atoms with van der Waals surface area (Å²) >= 11 is 0. The van der Waals surface area contributed by atoms with Gasteiger partial charge in [0.1, 0.15) is 5.69 Å².